The standard InChI is InChI=1S/C22H23N3O4/c1-23-21(28)18-8-15(20(27)24-19-9-16(19)12-26)11-25(22(18)29)10-14-6-2-4-13-5-3-7-17(13)14/h2-4,6-8,11,16,19,26H,5,9-10,12H2,1H3,(H,23,28)(H,24,27). The predicted molar refractivity (Wildman–Crippen MR) is 109 cm³/mol. The highest BCUT2D eigenvalue weighted by Crippen LogP contribution is 2.29. The summed E-state index contributed by atoms with van der Waals surface area (Å²) in [5, 5.41) is 14.5. The molecule has 1 fully saturated rings. The Labute approximate surface area is 168 Å². The summed E-state index contributed by atoms with van der Waals surface area (Å²) in [5.41, 5.74) is 2.97. The number of allylic oxidation sites excluding steroid dienone is 1. The number of amides is 2. The smallest absolute Gasteiger partial charge is 0.263 e. The van der Waals surface area contributed by atoms with E-state index in [-0.39, 0.29) is 42.1 Å². The molecule has 2 aliphatic carbocycles. The van der Waals surface area contributed by atoms with Crippen LogP contribution in [0.2, 0.25) is 0 Å². The van der Waals surface area contributed by atoms with E-state index < -0.39 is 11.5 Å². The predicted octanol–water partition coefficient (Wildman–Crippen LogP) is 0.936. The zero-order chi connectivity index (χ0) is 20.5. The Morgan fingerprint density at radius 3 is 2.83 bits per heavy atom. The average Bonchev–Trinajstić information content (AvgIpc) is 3.29. The number of pyridine rings is 1. The van der Waals surface area contributed by atoms with E-state index in [1.165, 1.54) is 29.4 Å². The van der Waals surface area contributed by atoms with E-state index >= 15 is 0 Å². The molecule has 0 bridgehead atoms. The van der Waals surface area contributed by atoms with Gasteiger partial charge in [0.2, 0.25) is 0 Å². The molecule has 0 radical (unpaired) electrons. The van der Waals surface area contributed by atoms with Crippen LogP contribution in [-0.2, 0) is 13.0 Å². The molecule has 29 heavy (non-hydrogen) atoms. The lowest BCUT2D eigenvalue weighted by Gasteiger charge is -2.14. The summed E-state index contributed by atoms with van der Waals surface area (Å²) in [4.78, 5) is 37.8. The van der Waals surface area contributed by atoms with Gasteiger partial charge in [-0.3, -0.25) is 14.4 Å². The number of fused-ring (bicyclic) bond motifs is 1. The van der Waals surface area contributed by atoms with Crippen LogP contribution in [0.15, 0.2) is 41.3 Å². The van der Waals surface area contributed by atoms with Crippen molar-refractivity contribution in [2.45, 2.75) is 25.4 Å². The molecule has 7 nitrogen and oxygen atoms in total. The molecule has 0 aliphatic heterocycles. The molecule has 2 aromatic rings. The van der Waals surface area contributed by atoms with E-state index in [0.29, 0.717) is 0 Å². The molecular formula is C22H23N3O4. The summed E-state index contributed by atoms with van der Waals surface area (Å²) in [7, 11) is 1.45. The molecule has 4 rings (SSSR count). The van der Waals surface area contributed by atoms with Gasteiger partial charge in [0.1, 0.15) is 5.56 Å². The highest BCUT2D eigenvalue weighted by atomic mass is 16.3. The topological polar surface area (TPSA) is 100 Å². The number of hydrogen-bond acceptors (Lipinski definition) is 4. The van der Waals surface area contributed by atoms with Gasteiger partial charge in [-0.1, -0.05) is 30.4 Å². The lowest BCUT2D eigenvalue weighted by Crippen LogP contribution is -2.34. The second kappa shape index (κ2) is 7.67. The normalized spacial score (nSPS) is 19.0. The average molecular weight is 393 g/mol. The van der Waals surface area contributed by atoms with Crippen molar-refractivity contribution in [3.8, 4) is 0 Å². The Bertz CT molecular complexity index is 1070. The van der Waals surface area contributed by atoms with Crippen molar-refractivity contribution in [3.63, 3.8) is 0 Å². The molecule has 1 saturated carbocycles. The van der Waals surface area contributed by atoms with Gasteiger partial charge >= 0.3 is 0 Å². The van der Waals surface area contributed by atoms with Gasteiger partial charge in [0.05, 0.1) is 12.1 Å². The van der Waals surface area contributed by atoms with Crippen LogP contribution in [0, 0.1) is 5.92 Å². The van der Waals surface area contributed by atoms with Crippen molar-refractivity contribution in [1.82, 2.24) is 15.2 Å². The first-order chi connectivity index (χ1) is 14.0. The second-order valence-corrected chi connectivity index (χ2v) is 7.51. The Morgan fingerprint density at radius 2 is 2.10 bits per heavy atom. The zero-order valence-corrected chi connectivity index (χ0v) is 16.1. The van der Waals surface area contributed by atoms with Crippen molar-refractivity contribution in [1.29, 1.82) is 0 Å². The van der Waals surface area contributed by atoms with E-state index in [9.17, 15) is 19.5 Å². The van der Waals surface area contributed by atoms with E-state index in [0.717, 1.165) is 24.0 Å². The molecule has 2 amide bonds. The lowest BCUT2D eigenvalue weighted by molar-refractivity contribution is 0.0946. The number of rotatable bonds is 6. The van der Waals surface area contributed by atoms with Gasteiger partial charge in [-0.25, -0.2) is 0 Å². The Balaban J connectivity index is 1.70. The third-order valence-electron chi connectivity index (χ3n) is 5.54. The SMILES string of the molecule is CNC(=O)c1cc(C(=O)NC2CC2CO)cn(Cc2cccc3c2C=CC3)c1=O. The first-order valence-electron chi connectivity index (χ1n) is 9.67. The van der Waals surface area contributed by atoms with Gasteiger partial charge < -0.3 is 20.3 Å². The molecule has 1 heterocycles. The number of nitrogens with zero attached hydrogens (tertiary/aromatic N) is 1. The fourth-order valence-corrected chi connectivity index (χ4v) is 3.74. The molecule has 2 aliphatic rings. The number of aromatic nitrogens is 1. The highest BCUT2D eigenvalue weighted by Gasteiger charge is 2.37. The Morgan fingerprint density at radius 1 is 1.28 bits per heavy atom. The number of carbonyl (C=O) groups excluding carboxylic acids is 2. The van der Waals surface area contributed by atoms with Crippen molar-refractivity contribution in [3.05, 3.63) is 74.7 Å². The molecule has 7 heteroatoms. The summed E-state index contributed by atoms with van der Waals surface area (Å²) in [6.45, 7) is 0.292. The molecule has 2 unspecified atom stereocenters. The van der Waals surface area contributed by atoms with E-state index in [1.807, 2.05) is 18.2 Å². The van der Waals surface area contributed by atoms with Crippen LogP contribution < -0.4 is 16.2 Å². The van der Waals surface area contributed by atoms with Crippen LogP contribution >= 0.6 is 0 Å². The van der Waals surface area contributed by atoms with Crippen LogP contribution in [0.4, 0.5) is 0 Å². The van der Waals surface area contributed by atoms with Crippen LogP contribution in [-0.4, -0.2) is 41.2 Å². The summed E-state index contributed by atoms with van der Waals surface area (Å²) in [6.07, 6.45) is 7.20. The third kappa shape index (κ3) is 3.73. The van der Waals surface area contributed by atoms with Crippen LogP contribution in [0.5, 0.6) is 0 Å². The number of aliphatic hydroxyl groups excluding tert-OH is 1. The van der Waals surface area contributed by atoms with E-state index in [2.05, 4.69) is 22.8 Å². The fraction of sp³-hybridized carbons (Fsp3) is 0.318. The van der Waals surface area contributed by atoms with E-state index in [1.54, 1.807) is 0 Å². The first-order valence-corrected chi connectivity index (χ1v) is 9.67. The molecule has 150 valence electrons. The van der Waals surface area contributed by atoms with Crippen LogP contribution in [0.3, 0.4) is 0 Å². The molecule has 2 atom stereocenters. The minimum atomic E-state index is -0.531. The zero-order valence-electron chi connectivity index (χ0n) is 16.1. The Kier molecular flexibility index (Phi) is 5.07. The fourth-order valence-electron chi connectivity index (χ4n) is 3.74. The molecule has 1 aromatic heterocycles. The minimum absolute atomic E-state index is 0.0283. The summed E-state index contributed by atoms with van der Waals surface area (Å²) in [5.74, 6) is -0.818. The van der Waals surface area contributed by atoms with Gasteiger partial charge in [0.15, 0.2) is 0 Å². The first kappa shape index (κ1) is 19.1. The largest absolute Gasteiger partial charge is 0.396 e. The van der Waals surface area contributed by atoms with Gasteiger partial charge in [-0.2, -0.15) is 0 Å². The summed E-state index contributed by atoms with van der Waals surface area (Å²) < 4.78 is 1.41. The number of nitrogens with one attached hydrogen (secondary N) is 2. The maximum Gasteiger partial charge on any atom is 0.263 e. The number of benzene rings is 1. The van der Waals surface area contributed by atoms with Crippen LogP contribution in [0.1, 0.15) is 43.8 Å². The van der Waals surface area contributed by atoms with Crippen molar-refractivity contribution < 1.29 is 14.7 Å². The van der Waals surface area contributed by atoms with Gasteiger partial charge in [0.25, 0.3) is 17.4 Å². The molecule has 0 spiro atoms. The quantitative estimate of drug-likeness (QED) is 0.680. The highest BCUT2D eigenvalue weighted by molar-refractivity contribution is 5.99. The van der Waals surface area contributed by atoms with Gasteiger partial charge in [0, 0.05) is 31.8 Å². The van der Waals surface area contributed by atoms with Crippen molar-refractivity contribution in [2.75, 3.05) is 13.7 Å². The maximum absolute atomic E-state index is 12.9. The van der Waals surface area contributed by atoms with Crippen molar-refractivity contribution >= 4 is 17.9 Å². The molecule has 1 aromatic carbocycles. The van der Waals surface area contributed by atoms with Crippen LogP contribution in [0.25, 0.3) is 6.08 Å². The number of aliphatic hydroxyl groups is 1. The molecular weight excluding hydrogens is 370 g/mol. The second-order valence-electron chi connectivity index (χ2n) is 7.51. The third-order valence-corrected chi connectivity index (χ3v) is 5.54. The van der Waals surface area contributed by atoms with E-state index in [4.69, 9.17) is 0 Å². The summed E-state index contributed by atoms with van der Waals surface area (Å²) in [6, 6.07) is 7.21. The Hall–Kier alpha value is -3.19. The van der Waals surface area contributed by atoms with Gasteiger partial charge in [-0.05, 0) is 35.6 Å². The number of hydrogen-bond donors (Lipinski definition) is 3. The molecule has 0 saturated heterocycles. The number of carbonyl (C=O) groups is 2. The maximum atomic E-state index is 12.9. The lowest BCUT2D eigenvalue weighted by atomic mass is 10.0. The van der Waals surface area contributed by atoms with Crippen molar-refractivity contribution in [2.24, 2.45) is 5.92 Å². The monoisotopic (exact) mass is 393 g/mol. The van der Waals surface area contributed by atoms with Gasteiger partial charge in [-0.15, -0.1) is 0 Å². The summed E-state index contributed by atoms with van der Waals surface area (Å²) >= 11 is 0. The molecule has 3 N–H and O–H groups in total. The minimum Gasteiger partial charge on any atom is -0.396 e.